The molecule has 0 aromatic carbocycles. The van der Waals surface area contributed by atoms with Gasteiger partial charge in [0.05, 0.1) is 0 Å². The Morgan fingerprint density at radius 3 is 2.29 bits per heavy atom. The van der Waals surface area contributed by atoms with Gasteiger partial charge in [-0.15, -0.1) is 0 Å². The minimum atomic E-state index is 0.311. The Morgan fingerprint density at radius 2 is 1.82 bits per heavy atom. The largest absolute Gasteiger partial charge is 0.298 e. The third-order valence-corrected chi connectivity index (χ3v) is 3.80. The average molecular weight is 232 g/mol. The first-order valence-electron chi connectivity index (χ1n) is 6.64. The van der Waals surface area contributed by atoms with Crippen LogP contribution in [-0.2, 0) is 0 Å². The molecule has 17 heavy (non-hydrogen) atoms. The van der Waals surface area contributed by atoms with Gasteiger partial charge >= 0.3 is 0 Å². The summed E-state index contributed by atoms with van der Waals surface area (Å²) >= 11 is 0. The van der Waals surface area contributed by atoms with E-state index in [4.69, 9.17) is 0 Å². The quantitative estimate of drug-likeness (QED) is 0.738. The third kappa shape index (κ3) is 3.06. The van der Waals surface area contributed by atoms with Crippen LogP contribution < -0.4 is 0 Å². The molecule has 94 valence electrons. The minimum absolute atomic E-state index is 0.311. The van der Waals surface area contributed by atoms with Crippen LogP contribution in [0.4, 0.5) is 0 Å². The van der Waals surface area contributed by atoms with E-state index in [0.29, 0.717) is 11.5 Å². The lowest BCUT2D eigenvalue weighted by Gasteiger charge is -2.40. The highest BCUT2D eigenvalue weighted by Gasteiger charge is 2.27. The van der Waals surface area contributed by atoms with Crippen LogP contribution in [-0.4, -0.2) is 28.5 Å². The third-order valence-electron chi connectivity index (χ3n) is 3.80. The van der Waals surface area contributed by atoms with Crippen LogP contribution in [0.1, 0.15) is 50.8 Å². The van der Waals surface area contributed by atoms with E-state index in [9.17, 15) is 0 Å². The van der Waals surface area contributed by atoms with Crippen molar-refractivity contribution in [2.45, 2.75) is 52.0 Å². The first-order chi connectivity index (χ1) is 7.97. The van der Waals surface area contributed by atoms with Gasteiger partial charge in [0, 0.05) is 23.3 Å². The van der Waals surface area contributed by atoms with E-state index in [1.165, 1.54) is 37.2 Å². The molecule has 0 amide bonds. The van der Waals surface area contributed by atoms with E-state index in [1.54, 1.807) is 0 Å². The maximum absolute atomic E-state index is 4.57. The predicted molar refractivity (Wildman–Crippen MR) is 72.3 cm³/mol. The lowest BCUT2D eigenvalue weighted by Crippen LogP contribution is -2.45. The number of pyridine rings is 1. The van der Waals surface area contributed by atoms with E-state index < -0.39 is 0 Å². The van der Waals surface area contributed by atoms with Gasteiger partial charge < -0.3 is 0 Å². The van der Waals surface area contributed by atoms with Crippen molar-refractivity contribution in [1.82, 2.24) is 9.88 Å². The maximum Gasteiger partial charge on any atom is 0.0435 e. The minimum Gasteiger partial charge on any atom is -0.298 e. The zero-order chi connectivity index (χ0) is 12.5. The fourth-order valence-electron chi connectivity index (χ4n) is 2.57. The molecule has 0 aliphatic carbocycles. The van der Waals surface area contributed by atoms with Gasteiger partial charge in [-0.05, 0) is 65.3 Å². The molecule has 0 spiro atoms. The summed E-state index contributed by atoms with van der Waals surface area (Å²) in [7, 11) is 0. The molecular formula is C15H24N2. The summed E-state index contributed by atoms with van der Waals surface area (Å²) < 4.78 is 0. The number of hydrogen-bond acceptors (Lipinski definition) is 2. The van der Waals surface area contributed by atoms with Crippen molar-refractivity contribution in [1.29, 1.82) is 0 Å². The van der Waals surface area contributed by atoms with Gasteiger partial charge in [0.2, 0.25) is 0 Å². The number of aromatic nitrogens is 1. The molecule has 0 unspecified atom stereocenters. The molecule has 0 N–H and O–H groups in total. The van der Waals surface area contributed by atoms with E-state index in [2.05, 4.69) is 49.7 Å². The van der Waals surface area contributed by atoms with Gasteiger partial charge in [0.25, 0.3) is 0 Å². The van der Waals surface area contributed by atoms with Crippen LogP contribution in [0.25, 0.3) is 0 Å². The van der Waals surface area contributed by atoms with Gasteiger partial charge in [0.1, 0.15) is 0 Å². The van der Waals surface area contributed by atoms with E-state index >= 15 is 0 Å². The van der Waals surface area contributed by atoms with Crippen molar-refractivity contribution in [3.63, 3.8) is 0 Å². The summed E-state index contributed by atoms with van der Waals surface area (Å²) in [4.78, 5) is 7.15. The highest BCUT2D eigenvalue weighted by Crippen LogP contribution is 2.29. The molecule has 0 atom stereocenters. The number of nitrogens with zero attached hydrogens (tertiary/aromatic N) is 2. The smallest absolute Gasteiger partial charge is 0.0435 e. The van der Waals surface area contributed by atoms with Gasteiger partial charge in [-0.1, -0.05) is 6.07 Å². The van der Waals surface area contributed by atoms with Crippen LogP contribution in [0.15, 0.2) is 18.3 Å². The second kappa shape index (κ2) is 4.77. The first-order valence-corrected chi connectivity index (χ1v) is 6.64. The fourth-order valence-corrected chi connectivity index (χ4v) is 2.57. The van der Waals surface area contributed by atoms with Crippen molar-refractivity contribution in [3.8, 4) is 0 Å². The van der Waals surface area contributed by atoms with Crippen LogP contribution in [0.3, 0.4) is 0 Å². The second-order valence-corrected chi connectivity index (χ2v) is 6.19. The Hall–Kier alpha value is -0.890. The Bertz CT molecular complexity index is 354. The Kier molecular flexibility index (Phi) is 3.53. The highest BCUT2D eigenvalue weighted by atomic mass is 15.2. The average Bonchev–Trinajstić information content (AvgIpc) is 2.29. The Balaban J connectivity index is 1.97. The Morgan fingerprint density at radius 1 is 1.18 bits per heavy atom. The van der Waals surface area contributed by atoms with Crippen molar-refractivity contribution in [2.75, 3.05) is 13.1 Å². The normalized spacial score (nSPS) is 19.5. The highest BCUT2D eigenvalue weighted by molar-refractivity contribution is 5.16. The molecule has 1 aromatic heterocycles. The molecule has 0 radical (unpaired) electrons. The molecule has 2 heterocycles. The van der Waals surface area contributed by atoms with Crippen molar-refractivity contribution in [3.05, 3.63) is 29.6 Å². The SMILES string of the molecule is Cc1ccc(C2CCN(C(C)(C)C)CC2)nc1. The van der Waals surface area contributed by atoms with Crippen molar-refractivity contribution >= 4 is 0 Å². The number of likely N-dealkylation sites (tertiary alicyclic amines) is 1. The van der Waals surface area contributed by atoms with Gasteiger partial charge in [-0.25, -0.2) is 0 Å². The summed E-state index contributed by atoms with van der Waals surface area (Å²) in [5.74, 6) is 0.661. The topological polar surface area (TPSA) is 16.1 Å². The Labute approximate surface area is 105 Å². The first kappa shape index (κ1) is 12.6. The van der Waals surface area contributed by atoms with Gasteiger partial charge in [0.15, 0.2) is 0 Å². The van der Waals surface area contributed by atoms with Crippen LogP contribution in [0.2, 0.25) is 0 Å². The van der Waals surface area contributed by atoms with E-state index in [0.717, 1.165) is 0 Å². The molecule has 1 saturated heterocycles. The molecule has 2 rings (SSSR count). The van der Waals surface area contributed by atoms with Gasteiger partial charge in [-0.2, -0.15) is 0 Å². The molecular weight excluding hydrogens is 208 g/mol. The number of aryl methyl sites for hydroxylation is 1. The standard InChI is InChI=1S/C15H24N2/c1-12-5-6-14(16-11-12)13-7-9-17(10-8-13)15(2,3)4/h5-6,11,13H,7-10H2,1-4H3. The van der Waals surface area contributed by atoms with Crippen LogP contribution >= 0.6 is 0 Å². The maximum atomic E-state index is 4.57. The zero-order valence-electron chi connectivity index (χ0n) is 11.5. The molecule has 2 nitrogen and oxygen atoms in total. The molecule has 2 heteroatoms. The van der Waals surface area contributed by atoms with Crippen LogP contribution in [0, 0.1) is 6.92 Å². The monoisotopic (exact) mass is 232 g/mol. The summed E-state index contributed by atoms with van der Waals surface area (Å²) in [6, 6.07) is 4.38. The second-order valence-electron chi connectivity index (χ2n) is 6.19. The summed E-state index contributed by atoms with van der Waals surface area (Å²) in [6.07, 6.45) is 4.48. The summed E-state index contributed by atoms with van der Waals surface area (Å²) in [5, 5.41) is 0. The predicted octanol–water partition coefficient (Wildman–Crippen LogP) is 3.37. The molecule has 1 aromatic rings. The molecule has 1 aliphatic heterocycles. The zero-order valence-corrected chi connectivity index (χ0v) is 11.5. The molecule has 1 fully saturated rings. The van der Waals surface area contributed by atoms with Crippen LogP contribution in [0.5, 0.6) is 0 Å². The van der Waals surface area contributed by atoms with E-state index in [-0.39, 0.29) is 0 Å². The summed E-state index contributed by atoms with van der Waals surface area (Å²) in [6.45, 7) is 11.4. The van der Waals surface area contributed by atoms with Crippen molar-refractivity contribution < 1.29 is 0 Å². The molecule has 0 bridgehead atoms. The lowest BCUT2D eigenvalue weighted by atomic mass is 9.90. The number of hydrogen-bond donors (Lipinski definition) is 0. The van der Waals surface area contributed by atoms with E-state index in [1.807, 2.05) is 6.20 Å². The number of rotatable bonds is 1. The molecule has 1 aliphatic rings. The lowest BCUT2D eigenvalue weighted by molar-refractivity contribution is 0.102. The summed E-state index contributed by atoms with van der Waals surface area (Å²) in [5.41, 5.74) is 2.84. The number of piperidine rings is 1. The van der Waals surface area contributed by atoms with Gasteiger partial charge in [-0.3, -0.25) is 9.88 Å². The van der Waals surface area contributed by atoms with Crippen molar-refractivity contribution in [2.24, 2.45) is 0 Å². The fraction of sp³-hybridized carbons (Fsp3) is 0.667. The molecule has 0 saturated carbocycles.